The summed E-state index contributed by atoms with van der Waals surface area (Å²) in [5.74, 6) is -0.274. The van der Waals surface area contributed by atoms with E-state index >= 15 is 0 Å². The summed E-state index contributed by atoms with van der Waals surface area (Å²) in [4.78, 5) is 11.2. The van der Waals surface area contributed by atoms with Crippen molar-refractivity contribution in [3.05, 3.63) is 0 Å². The van der Waals surface area contributed by atoms with E-state index in [-0.39, 0.29) is 17.9 Å². The zero-order valence-corrected chi connectivity index (χ0v) is 7.72. The van der Waals surface area contributed by atoms with Gasteiger partial charge in [0.1, 0.15) is 6.54 Å². The highest BCUT2D eigenvalue weighted by molar-refractivity contribution is 5.82. The topological polar surface area (TPSA) is 78.9 Å². The fourth-order valence-corrected chi connectivity index (χ4v) is 0.630. The van der Waals surface area contributed by atoms with Crippen LogP contribution < -0.4 is 11.1 Å². The second-order valence-corrected chi connectivity index (χ2v) is 3.72. The van der Waals surface area contributed by atoms with E-state index in [1.54, 1.807) is 0 Å². The van der Waals surface area contributed by atoms with Crippen LogP contribution in [0.5, 0.6) is 0 Å². The molecule has 0 rings (SSSR count). The maximum Gasteiger partial charge on any atom is 0.238 e. The smallest absolute Gasteiger partial charge is 0.238 e. The fraction of sp³-hybridized carbons (Fsp3) is 0.750. The van der Waals surface area contributed by atoms with Crippen LogP contribution in [0.15, 0.2) is 0 Å². The molecule has 3 N–H and O–H groups in total. The van der Waals surface area contributed by atoms with Crippen molar-refractivity contribution in [2.45, 2.75) is 26.8 Å². The second-order valence-electron chi connectivity index (χ2n) is 3.72. The van der Waals surface area contributed by atoms with Crippen LogP contribution in [-0.2, 0) is 4.79 Å². The molecule has 0 spiro atoms. The molecule has 0 aromatic heterocycles. The number of nitrogens with two attached hydrogens (primary N) is 1. The highest BCUT2D eigenvalue weighted by Crippen LogP contribution is 2.16. The average molecular weight is 169 g/mol. The van der Waals surface area contributed by atoms with Gasteiger partial charge in [-0.1, -0.05) is 20.8 Å². The Labute approximate surface area is 72.7 Å². The maximum absolute atomic E-state index is 11.2. The average Bonchev–Trinajstić information content (AvgIpc) is 1.97. The minimum absolute atomic E-state index is 0.0165. The normalized spacial score (nSPS) is 13.2. The molecule has 0 radical (unpaired) electrons. The number of carbonyl (C=O) groups is 1. The monoisotopic (exact) mass is 169 g/mol. The van der Waals surface area contributed by atoms with Crippen molar-refractivity contribution in [2.75, 3.05) is 6.54 Å². The first-order chi connectivity index (χ1) is 5.39. The second kappa shape index (κ2) is 4.07. The number of amides is 1. The van der Waals surface area contributed by atoms with Gasteiger partial charge in [0, 0.05) is 0 Å². The Balaban J connectivity index is 4.04. The van der Waals surface area contributed by atoms with Crippen LogP contribution in [0, 0.1) is 16.7 Å². The Kier molecular flexibility index (Phi) is 3.71. The summed E-state index contributed by atoms with van der Waals surface area (Å²) in [6.07, 6.45) is 0. The van der Waals surface area contributed by atoms with Crippen LogP contribution in [0.25, 0.3) is 0 Å². The molecule has 1 amide bonds. The van der Waals surface area contributed by atoms with E-state index in [9.17, 15) is 4.79 Å². The largest absolute Gasteiger partial charge is 0.342 e. The Morgan fingerprint density at radius 2 is 2.17 bits per heavy atom. The standard InChI is InChI=1S/C8H15N3O/c1-8(2,3)6(10)7(12)11-5-4-9/h6H,5,10H2,1-3H3,(H,11,12). The lowest BCUT2D eigenvalue weighted by atomic mass is 9.87. The molecule has 4 heteroatoms. The maximum atomic E-state index is 11.2. The third-order valence-electron chi connectivity index (χ3n) is 1.56. The minimum atomic E-state index is -0.564. The summed E-state index contributed by atoms with van der Waals surface area (Å²) in [7, 11) is 0. The van der Waals surface area contributed by atoms with Gasteiger partial charge >= 0.3 is 0 Å². The van der Waals surface area contributed by atoms with Crippen molar-refractivity contribution < 1.29 is 4.79 Å². The van der Waals surface area contributed by atoms with Crippen LogP contribution in [0.3, 0.4) is 0 Å². The molecule has 4 nitrogen and oxygen atoms in total. The molecule has 68 valence electrons. The van der Waals surface area contributed by atoms with Gasteiger partial charge in [0.25, 0.3) is 0 Å². The van der Waals surface area contributed by atoms with Crippen LogP contribution in [-0.4, -0.2) is 18.5 Å². The molecular formula is C8H15N3O. The number of nitrogens with zero attached hydrogens (tertiary/aromatic N) is 1. The van der Waals surface area contributed by atoms with Crippen molar-refractivity contribution in [1.29, 1.82) is 5.26 Å². The fourth-order valence-electron chi connectivity index (χ4n) is 0.630. The molecular weight excluding hydrogens is 154 g/mol. The van der Waals surface area contributed by atoms with Crippen LogP contribution in [0.2, 0.25) is 0 Å². The Bertz CT molecular complexity index is 199. The quantitative estimate of drug-likeness (QED) is 0.571. The summed E-state index contributed by atoms with van der Waals surface area (Å²) in [5, 5.41) is 10.6. The lowest BCUT2D eigenvalue weighted by molar-refractivity contribution is -0.124. The molecule has 0 aliphatic carbocycles. The van der Waals surface area contributed by atoms with E-state index in [0.717, 1.165) is 0 Å². The van der Waals surface area contributed by atoms with Crippen LogP contribution in [0.4, 0.5) is 0 Å². The molecule has 0 heterocycles. The Hall–Kier alpha value is -1.08. The van der Waals surface area contributed by atoms with Crippen molar-refractivity contribution in [3.8, 4) is 6.07 Å². The van der Waals surface area contributed by atoms with Gasteiger partial charge in [-0.3, -0.25) is 4.79 Å². The number of rotatable bonds is 2. The zero-order chi connectivity index (χ0) is 9.78. The summed E-state index contributed by atoms with van der Waals surface area (Å²) >= 11 is 0. The third kappa shape index (κ3) is 3.35. The molecule has 12 heavy (non-hydrogen) atoms. The van der Waals surface area contributed by atoms with Gasteiger partial charge in [-0.15, -0.1) is 0 Å². The molecule has 1 atom stereocenters. The van der Waals surface area contributed by atoms with Gasteiger partial charge in [-0.05, 0) is 5.41 Å². The van der Waals surface area contributed by atoms with Gasteiger partial charge in [0.15, 0.2) is 0 Å². The van der Waals surface area contributed by atoms with E-state index in [4.69, 9.17) is 11.0 Å². The van der Waals surface area contributed by atoms with Gasteiger partial charge in [-0.2, -0.15) is 5.26 Å². The predicted molar refractivity (Wildman–Crippen MR) is 46.1 cm³/mol. The van der Waals surface area contributed by atoms with Crippen molar-refractivity contribution in [1.82, 2.24) is 5.32 Å². The molecule has 0 saturated heterocycles. The first kappa shape index (κ1) is 10.9. The van der Waals surface area contributed by atoms with Gasteiger partial charge < -0.3 is 11.1 Å². The van der Waals surface area contributed by atoms with Gasteiger partial charge in [0.05, 0.1) is 12.1 Å². The summed E-state index contributed by atoms with van der Waals surface area (Å²) < 4.78 is 0. The first-order valence-corrected chi connectivity index (χ1v) is 3.80. The van der Waals surface area contributed by atoms with E-state index < -0.39 is 6.04 Å². The summed E-state index contributed by atoms with van der Waals surface area (Å²) in [6, 6.07) is 1.25. The molecule has 0 aromatic carbocycles. The van der Waals surface area contributed by atoms with Crippen molar-refractivity contribution in [3.63, 3.8) is 0 Å². The lowest BCUT2D eigenvalue weighted by Crippen LogP contribution is -2.48. The highest BCUT2D eigenvalue weighted by Gasteiger charge is 2.26. The Morgan fingerprint density at radius 3 is 2.50 bits per heavy atom. The van der Waals surface area contributed by atoms with E-state index in [2.05, 4.69) is 5.32 Å². The number of hydrogen-bond donors (Lipinski definition) is 2. The highest BCUT2D eigenvalue weighted by atomic mass is 16.2. The van der Waals surface area contributed by atoms with Crippen molar-refractivity contribution in [2.24, 2.45) is 11.1 Å². The SMILES string of the molecule is CC(C)(C)C(N)C(=O)NCC#N. The summed E-state index contributed by atoms with van der Waals surface area (Å²) in [6.45, 7) is 5.65. The summed E-state index contributed by atoms with van der Waals surface area (Å²) in [5.41, 5.74) is 5.35. The third-order valence-corrected chi connectivity index (χ3v) is 1.56. The molecule has 0 saturated carbocycles. The van der Waals surface area contributed by atoms with Gasteiger partial charge in [0.2, 0.25) is 5.91 Å². The minimum Gasteiger partial charge on any atom is -0.342 e. The number of carbonyl (C=O) groups excluding carboxylic acids is 1. The lowest BCUT2D eigenvalue weighted by Gasteiger charge is -2.25. The van der Waals surface area contributed by atoms with Crippen molar-refractivity contribution >= 4 is 5.91 Å². The van der Waals surface area contributed by atoms with E-state index in [1.165, 1.54) is 0 Å². The van der Waals surface area contributed by atoms with Gasteiger partial charge in [-0.25, -0.2) is 0 Å². The molecule has 0 bridgehead atoms. The van der Waals surface area contributed by atoms with E-state index in [0.29, 0.717) is 0 Å². The number of nitrogens with one attached hydrogen (secondary N) is 1. The molecule has 1 unspecified atom stereocenters. The van der Waals surface area contributed by atoms with Crippen LogP contribution in [0.1, 0.15) is 20.8 Å². The number of hydrogen-bond acceptors (Lipinski definition) is 3. The first-order valence-electron chi connectivity index (χ1n) is 3.80. The number of nitriles is 1. The zero-order valence-electron chi connectivity index (χ0n) is 7.72. The molecule has 0 fully saturated rings. The molecule has 0 aliphatic heterocycles. The molecule has 0 aliphatic rings. The van der Waals surface area contributed by atoms with E-state index in [1.807, 2.05) is 26.8 Å². The molecule has 0 aromatic rings. The predicted octanol–water partition coefficient (Wildman–Crippen LogP) is -0.000420. The Morgan fingerprint density at radius 1 is 1.67 bits per heavy atom. The van der Waals surface area contributed by atoms with Crippen LogP contribution >= 0.6 is 0 Å².